The average Bonchev–Trinajstić information content (AvgIpc) is 3.29. The molecule has 2 aromatic rings. The van der Waals surface area contributed by atoms with E-state index in [0.717, 1.165) is 31.2 Å². The molecule has 2 aliphatic carbocycles. The third kappa shape index (κ3) is 4.19. The molecule has 0 aromatic heterocycles. The van der Waals surface area contributed by atoms with Gasteiger partial charge in [-0.15, -0.1) is 0 Å². The SMILES string of the molecule is O=C(CCCc1ccccc1)C1[C@H]2CN(C3CCC(c4ccccc4)CC3)C[C@@H]12. The molecule has 0 N–H and O–H groups in total. The van der Waals surface area contributed by atoms with Gasteiger partial charge in [-0.2, -0.15) is 0 Å². The number of likely N-dealkylation sites (tertiary alicyclic amines) is 1. The van der Waals surface area contributed by atoms with Crippen LogP contribution in [0.4, 0.5) is 0 Å². The lowest BCUT2D eigenvalue weighted by atomic mass is 9.81. The predicted molar refractivity (Wildman–Crippen MR) is 118 cm³/mol. The predicted octanol–water partition coefficient (Wildman–Crippen LogP) is 5.48. The van der Waals surface area contributed by atoms with E-state index in [1.54, 1.807) is 0 Å². The lowest BCUT2D eigenvalue weighted by molar-refractivity contribution is -0.121. The maximum Gasteiger partial charge on any atom is 0.136 e. The van der Waals surface area contributed by atoms with E-state index in [2.05, 4.69) is 65.6 Å². The first kappa shape index (κ1) is 19.1. The minimum absolute atomic E-state index is 0.391. The van der Waals surface area contributed by atoms with E-state index in [0.29, 0.717) is 23.5 Å². The van der Waals surface area contributed by atoms with E-state index in [-0.39, 0.29) is 0 Å². The van der Waals surface area contributed by atoms with Gasteiger partial charge in [0.1, 0.15) is 5.78 Å². The van der Waals surface area contributed by atoms with Crippen LogP contribution < -0.4 is 0 Å². The smallest absolute Gasteiger partial charge is 0.136 e. The number of ketones is 1. The standard InChI is InChI=1S/C27H33NO/c29-26(13-7-10-20-8-3-1-4-9-20)27-24-18-28(19-25(24)27)23-16-14-22(15-17-23)21-11-5-2-6-12-21/h1-6,8-9,11-12,22-25,27H,7,10,13-19H2/t22?,23?,24-,25+,27?. The van der Waals surface area contributed by atoms with Crippen molar-refractivity contribution < 1.29 is 4.79 Å². The zero-order valence-electron chi connectivity index (χ0n) is 17.4. The molecule has 1 heterocycles. The third-order valence-electron chi connectivity index (χ3n) is 7.81. The summed E-state index contributed by atoms with van der Waals surface area (Å²) in [6.07, 6.45) is 8.11. The van der Waals surface area contributed by atoms with E-state index in [1.807, 2.05) is 0 Å². The quantitative estimate of drug-likeness (QED) is 0.627. The van der Waals surface area contributed by atoms with Crippen LogP contribution in [0.25, 0.3) is 0 Å². The van der Waals surface area contributed by atoms with Crippen LogP contribution in [-0.2, 0) is 11.2 Å². The molecule has 1 saturated heterocycles. The van der Waals surface area contributed by atoms with Crippen molar-refractivity contribution in [2.75, 3.05) is 13.1 Å². The maximum atomic E-state index is 12.7. The van der Waals surface area contributed by atoms with Crippen LogP contribution >= 0.6 is 0 Å². The fraction of sp³-hybridized carbons (Fsp3) is 0.519. The van der Waals surface area contributed by atoms with Gasteiger partial charge >= 0.3 is 0 Å². The molecule has 3 fully saturated rings. The second kappa shape index (κ2) is 8.44. The Morgan fingerprint density at radius 3 is 2.10 bits per heavy atom. The van der Waals surface area contributed by atoms with Crippen LogP contribution in [0.5, 0.6) is 0 Å². The Morgan fingerprint density at radius 1 is 0.828 bits per heavy atom. The van der Waals surface area contributed by atoms with Crippen LogP contribution in [0.1, 0.15) is 55.6 Å². The van der Waals surface area contributed by atoms with Gasteiger partial charge in [-0.3, -0.25) is 9.69 Å². The van der Waals surface area contributed by atoms with Gasteiger partial charge in [-0.05, 0) is 67.4 Å². The van der Waals surface area contributed by atoms with E-state index >= 15 is 0 Å². The molecule has 1 aliphatic heterocycles. The largest absolute Gasteiger partial charge is 0.300 e. The summed E-state index contributed by atoms with van der Waals surface area (Å²) < 4.78 is 0. The number of fused-ring (bicyclic) bond motifs is 1. The number of Topliss-reactive ketones (excluding diaryl/α,β-unsaturated/α-hetero) is 1. The highest BCUT2D eigenvalue weighted by Gasteiger charge is 2.59. The number of carbonyl (C=O) groups is 1. The van der Waals surface area contributed by atoms with Crippen LogP contribution in [0, 0.1) is 17.8 Å². The van der Waals surface area contributed by atoms with Crippen molar-refractivity contribution in [3.63, 3.8) is 0 Å². The summed E-state index contributed by atoms with van der Waals surface area (Å²) in [7, 11) is 0. The average molecular weight is 388 g/mol. The second-order valence-electron chi connectivity index (χ2n) is 9.53. The first-order valence-corrected chi connectivity index (χ1v) is 11.7. The Morgan fingerprint density at radius 2 is 1.45 bits per heavy atom. The van der Waals surface area contributed by atoms with Gasteiger partial charge in [0.2, 0.25) is 0 Å². The molecule has 29 heavy (non-hydrogen) atoms. The van der Waals surface area contributed by atoms with Crippen molar-refractivity contribution in [2.45, 2.75) is 56.9 Å². The molecule has 2 heteroatoms. The van der Waals surface area contributed by atoms with Gasteiger partial charge in [0.25, 0.3) is 0 Å². The molecule has 2 nitrogen and oxygen atoms in total. The van der Waals surface area contributed by atoms with E-state index in [9.17, 15) is 4.79 Å². The third-order valence-corrected chi connectivity index (χ3v) is 7.81. The van der Waals surface area contributed by atoms with Crippen molar-refractivity contribution >= 4 is 5.78 Å². The van der Waals surface area contributed by atoms with E-state index in [1.165, 1.54) is 49.9 Å². The number of aryl methyl sites for hydroxylation is 1. The molecule has 152 valence electrons. The second-order valence-corrected chi connectivity index (χ2v) is 9.53. The van der Waals surface area contributed by atoms with Gasteiger partial charge in [-0.1, -0.05) is 60.7 Å². The molecule has 5 rings (SSSR count). The van der Waals surface area contributed by atoms with Gasteiger partial charge in [0.05, 0.1) is 0 Å². The summed E-state index contributed by atoms with van der Waals surface area (Å²) in [5.74, 6) is 3.03. The molecular weight excluding hydrogens is 354 g/mol. The van der Waals surface area contributed by atoms with Crippen molar-refractivity contribution in [1.82, 2.24) is 4.90 Å². The maximum absolute atomic E-state index is 12.7. The number of hydrogen-bond acceptors (Lipinski definition) is 2. The molecule has 0 radical (unpaired) electrons. The summed E-state index contributed by atoms with van der Waals surface area (Å²) in [5.41, 5.74) is 2.88. The number of carbonyl (C=O) groups excluding carboxylic acids is 1. The van der Waals surface area contributed by atoms with Crippen LogP contribution in [-0.4, -0.2) is 29.8 Å². The van der Waals surface area contributed by atoms with Crippen molar-refractivity contribution in [2.24, 2.45) is 17.8 Å². The zero-order valence-corrected chi connectivity index (χ0v) is 17.4. The Balaban J connectivity index is 1.04. The number of benzene rings is 2. The number of nitrogens with zero attached hydrogens (tertiary/aromatic N) is 1. The lowest BCUT2D eigenvalue weighted by Gasteiger charge is -2.36. The molecule has 0 spiro atoms. The van der Waals surface area contributed by atoms with Crippen molar-refractivity contribution in [3.8, 4) is 0 Å². The molecule has 3 aliphatic rings. The summed E-state index contributed by atoms with van der Waals surface area (Å²) in [5, 5.41) is 0. The Labute approximate surface area is 175 Å². The number of hydrogen-bond donors (Lipinski definition) is 0. The van der Waals surface area contributed by atoms with Gasteiger partial charge in [-0.25, -0.2) is 0 Å². The Kier molecular flexibility index (Phi) is 5.54. The summed E-state index contributed by atoms with van der Waals surface area (Å²) in [6, 6.07) is 22.4. The highest BCUT2D eigenvalue weighted by atomic mass is 16.1. The summed E-state index contributed by atoms with van der Waals surface area (Å²) in [6.45, 7) is 2.36. The highest BCUT2D eigenvalue weighted by molar-refractivity contribution is 5.84. The number of rotatable bonds is 7. The minimum Gasteiger partial charge on any atom is -0.300 e. The van der Waals surface area contributed by atoms with Gasteiger partial charge in [0, 0.05) is 31.5 Å². The summed E-state index contributed by atoms with van der Waals surface area (Å²) in [4.78, 5) is 15.4. The van der Waals surface area contributed by atoms with Crippen LogP contribution in [0.3, 0.4) is 0 Å². The molecular formula is C27H33NO. The Bertz CT molecular complexity index is 797. The summed E-state index contributed by atoms with van der Waals surface area (Å²) >= 11 is 0. The molecule has 0 bridgehead atoms. The Hall–Kier alpha value is -1.93. The normalized spacial score (nSPS) is 31.4. The zero-order chi connectivity index (χ0) is 19.6. The number of piperidine rings is 1. The highest BCUT2D eigenvalue weighted by Crippen LogP contribution is 2.54. The molecule has 2 aromatic carbocycles. The fourth-order valence-corrected chi connectivity index (χ4v) is 6.11. The topological polar surface area (TPSA) is 20.3 Å². The van der Waals surface area contributed by atoms with Crippen molar-refractivity contribution in [1.29, 1.82) is 0 Å². The van der Waals surface area contributed by atoms with Gasteiger partial charge < -0.3 is 0 Å². The van der Waals surface area contributed by atoms with E-state index < -0.39 is 0 Å². The molecule has 2 saturated carbocycles. The van der Waals surface area contributed by atoms with Crippen LogP contribution in [0.15, 0.2) is 60.7 Å². The van der Waals surface area contributed by atoms with Crippen LogP contribution in [0.2, 0.25) is 0 Å². The minimum atomic E-state index is 0.391. The fourth-order valence-electron chi connectivity index (χ4n) is 6.11. The van der Waals surface area contributed by atoms with Gasteiger partial charge in [0.15, 0.2) is 0 Å². The first-order valence-electron chi connectivity index (χ1n) is 11.7. The monoisotopic (exact) mass is 387 g/mol. The molecule has 0 amide bonds. The molecule has 1 unspecified atom stereocenters. The first-order chi connectivity index (χ1) is 14.3. The van der Waals surface area contributed by atoms with Crippen molar-refractivity contribution in [3.05, 3.63) is 71.8 Å². The lowest BCUT2D eigenvalue weighted by Crippen LogP contribution is -2.38. The van der Waals surface area contributed by atoms with E-state index in [4.69, 9.17) is 0 Å². The molecule has 3 atom stereocenters.